The number of hydrogen-bond donors (Lipinski definition) is 0. The third-order valence-corrected chi connectivity index (χ3v) is 1.59. The van der Waals surface area contributed by atoms with Gasteiger partial charge in [-0.1, -0.05) is 13.3 Å². The normalized spacial score (nSPS) is 14.2. The van der Waals surface area contributed by atoms with E-state index in [-0.39, 0.29) is 0 Å². The van der Waals surface area contributed by atoms with Crippen molar-refractivity contribution in [3.63, 3.8) is 0 Å². The van der Waals surface area contributed by atoms with E-state index in [9.17, 15) is 18.0 Å². The Bertz CT molecular complexity index is 192. The number of ether oxygens (including phenoxy) is 1. The Hall–Kier alpha value is -0.780. The van der Waals surface area contributed by atoms with Crippen molar-refractivity contribution >= 4 is 5.97 Å². The second-order valence-electron chi connectivity index (χ2n) is 3.11. The fourth-order valence-corrected chi connectivity index (χ4v) is 0.860. The van der Waals surface area contributed by atoms with Crippen LogP contribution in [0.3, 0.4) is 0 Å². The highest BCUT2D eigenvalue weighted by Gasteiger charge is 2.42. The van der Waals surface area contributed by atoms with Crippen LogP contribution in [0.25, 0.3) is 0 Å². The Labute approximate surface area is 80.8 Å². The number of alkyl halides is 3. The predicted octanol–water partition coefficient (Wildman–Crippen LogP) is 1.78. The van der Waals surface area contributed by atoms with Crippen LogP contribution >= 0.6 is 0 Å². The van der Waals surface area contributed by atoms with Crippen LogP contribution in [0, 0.1) is 0 Å². The molecule has 0 amide bonds. The molecule has 0 fully saturated rings. The van der Waals surface area contributed by atoms with Crippen molar-refractivity contribution in [2.24, 2.45) is 0 Å². The summed E-state index contributed by atoms with van der Waals surface area (Å²) in [6.07, 6.45) is -4.70. The molecule has 0 saturated heterocycles. The summed E-state index contributed by atoms with van der Waals surface area (Å²) in [7, 11) is 3.12. The zero-order chi connectivity index (χ0) is 11.4. The van der Waals surface area contributed by atoms with E-state index in [4.69, 9.17) is 0 Å². The molecule has 0 radical (unpaired) electrons. The number of rotatable bonds is 4. The average Bonchev–Trinajstić information content (AvgIpc) is 2.01. The summed E-state index contributed by atoms with van der Waals surface area (Å²) < 4.78 is 39.7. The van der Waals surface area contributed by atoms with Gasteiger partial charge in [-0.3, -0.25) is 4.90 Å². The molecule has 0 rings (SSSR count). The number of hydrogen-bond acceptors (Lipinski definition) is 3. The largest absolute Gasteiger partial charge is 0.490 e. The quantitative estimate of drug-likeness (QED) is 0.526. The van der Waals surface area contributed by atoms with Gasteiger partial charge in [0.1, 0.15) is 0 Å². The van der Waals surface area contributed by atoms with Crippen molar-refractivity contribution in [1.82, 2.24) is 4.90 Å². The highest BCUT2D eigenvalue weighted by molar-refractivity contribution is 5.75. The molecule has 0 aliphatic heterocycles. The van der Waals surface area contributed by atoms with Gasteiger partial charge in [0.15, 0.2) is 6.23 Å². The molecule has 0 saturated carbocycles. The van der Waals surface area contributed by atoms with Crippen molar-refractivity contribution in [2.75, 3.05) is 14.1 Å². The molecule has 3 nitrogen and oxygen atoms in total. The summed E-state index contributed by atoms with van der Waals surface area (Å²) in [5.74, 6) is -2.13. The van der Waals surface area contributed by atoms with Crippen molar-refractivity contribution in [3.8, 4) is 0 Å². The molecule has 1 unspecified atom stereocenters. The molecule has 0 aromatic rings. The SMILES string of the molecule is CCCC(OC(=O)C(F)(F)F)N(C)C. The van der Waals surface area contributed by atoms with Gasteiger partial charge >= 0.3 is 12.1 Å². The van der Waals surface area contributed by atoms with Crippen LogP contribution < -0.4 is 0 Å². The van der Waals surface area contributed by atoms with E-state index in [0.717, 1.165) is 0 Å². The number of carbonyl (C=O) groups is 1. The number of esters is 1. The van der Waals surface area contributed by atoms with E-state index >= 15 is 0 Å². The zero-order valence-corrected chi connectivity index (χ0v) is 8.39. The second-order valence-corrected chi connectivity index (χ2v) is 3.11. The van der Waals surface area contributed by atoms with Crippen LogP contribution in [0.4, 0.5) is 13.2 Å². The van der Waals surface area contributed by atoms with Gasteiger partial charge in [-0.15, -0.1) is 0 Å². The summed E-state index contributed by atoms with van der Waals surface area (Å²) in [5, 5.41) is 0. The fraction of sp³-hybridized carbons (Fsp3) is 0.875. The first-order valence-electron chi connectivity index (χ1n) is 4.23. The predicted molar refractivity (Wildman–Crippen MR) is 44.5 cm³/mol. The molecule has 14 heavy (non-hydrogen) atoms. The lowest BCUT2D eigenvalue weighted by Gasteiger charge is -2.24. The number of halogens is 3. The van der Waals surface area contributed by atoms with E-state index < -0.39 is 18.4 Å². The second kappa shape index (κ2) is 5.19. The van der Waals surface area contributed by atoms with Crippen LogP contribution in [0.2, 0.25) is 0 Å². The van der Waals surface area contributed by atoms with Crippen LogP contribution in [0.15, 0.2) is 0 Å². The van der Waals surface area contributed by atoms with Gasteiger partial charge in [0.25, 0.3) is 0 Å². The van der Waals surface area contributed by atoms with Crippen LogP contribution in [-0.2, 0) is 9.53 Å². The Morgan fingerprint density at radius 1 is 1.43 bits per heavy atom. The Balaban J connectivity index is 4.24. The van der Waals surface area contributed by atoms with Gasteiger partial charge in [-0.05, 0) is 20.5 Å². The molecule has 0 aromatic heterocycles. The monoisotopic (exact) mass is 213 g/mol. The topological polar surface area (TPSA) is 29.5 Å². The van der Waals surface area contributed by atoms with E-state index in [1.54, 1.807) is 21.0 Å². The van der Waals surface area contributed by atoms with E-state index in [2.05, 4.69) is 4.74 Å². The maximum absolute atomic E-state index is 11.8. The van der Waals surface area contributed by atoms with Gasteiger partial charge in [0.05, 0.1) is 0 Å². The summed E-state index contributed by atoms with van der Waals surface area (Å²) >= 11 is 0. The number of carbonyl (C=O) groups excluding carboxylic acids is 1. The fourth-order valence-electron chi connectivity index (χ4n) is 0.860. The van der Waals surface area contributed by atoms with Gasteiger partial charge in [-0.25, -0.2) is 4.79 Å². The molecule has 0 aromatic carbocycles. The Kier molecular flexibility index (Phi) is 4.90. The molecule has 6 heteroatoms. The molecular formula is C8H14F3NO2. The molecule has 0 aliphatic carbocycles. The summed E-state index contributed by atoms with van der Waals surface area (Å²) in [4.78, 5) is 11.9. The van der Waals surface area contributed by atoms with Gasteiger partial charge < -0.3 is 4.74 Å². The molecule has 0 N–H and O–H groups in total. The zero-order valence-electron chi connectivity index (χ0n) is 8.39. The maximum atomic E-state index is 11.8. The van der Waals surface area contributed by atoms with Crippen LogP contribution in [0.1, 0.15) is 19.8 Å². The minimum atomic E-state index is -4.91. The lowest BCUT2D eigenvalue weighted by Crippen LogP contribution is -2.37. The highest BCUT2D eigenvalue weighted by Crippen LogP contribution is 2.19. The van der Waals surface area contributed by atoms with Crippen molar-refractivity contribution < 1.29 is 22.7 Å². The van der Waals surface area contributed by atoms with Crippen molar-refractivity contribution in [2.45, 2.75) is 32.2 Å². The highest BCUT2D eigenvalue weighted by atomic mass is 19.4. The third kappa shape index (κ3) is 4.45. The summed E-state index contributed by atoms with van der Waals surface area (Å²) in [5.41, 5.74) is 0. The summed E-state index contributed by atoms with van der Waals surface area (Å²) in [6, 6.07) is 0. The minimum Gasteiger partial charge on any atom is -0.440 e. The van der Waals surface area contributed by atoms with E-state index in [1.165, 1.54) is 4.90 Å². The minimum absolute atomic E-state index is 0.384. The molecule has 0 spiro atoms. The van der Waals surface area contributed by atoms with Crippen LogP contribution in [-0.4, -0.2) is 37.4 Å². The lowest BCUT2D eigenvalue weighted by atomic mass is 10.3. The van der Waals surface area contributed by atoms with E-state index in [1.807, 2.05) is 0 Å². The van der Waals surface area contributed by atoms with Crippen LogP contribution in [0.5, 0.6) is 0 Å². The molecule has 0 aliphatic rings. The smallest absolute Gasteiger partial charge is 0.440 e. The molecule has 1 atom stereocenters. The maximum Gasteiger partial charge on any atom is 0.490 e. The standard InChI is InChI=1S/C8H14F3NO2/c1-4-5-6(12(2)3)14-7(13)8(9,10)11/h6H,4-5H2,1-3H3. The third-order valence-electron chi connectivity index (χ3n) is 1.59. The van der Waals surface area contributed by atoms with E-state index in [0.29, 0.717) is 12.8 Å². The Morgan fingerprint density at radius 3 is 2.21 bits per heavy atom. The molecular weight excluding hydrogens is 199 g/mol. The van der Waals surface area contributed by atoms with Gasteiger partial charge in [0, 0.05) is 0 Å². The van der Waals surface area contributed by atoms with Crippen molar-refractivity contribution in [1.29, 1.82) is 0 Å². The molecule has 0 bridgehead atoms. The van der Waals surface area contributed by atoms with Crippen molar-refractivity contribution in [3.05, 3.63) is 0 Å². The average molecular weight is 213 g/mol. The first kappa shape index (κ1) is 13.2. The molecule has 0 heterocycles. The van der Waals surface area contributed by atoms with Gasteiger partial charge in [0.2, 0.25) is 0 Å². The first-order chi connectivity index (χ1) is 6.29. The Morgan fingerprint density at radius 2 is 1.93 bits per heavy atom. The summed E-state index contributed by atoms with van der Waals surface area (Å²) in [6.45, 7) is 1.80. The first-order valence-corrected chi connectivity index (χ1v) is 4.23. The molecule has 84 valence electrons. The number of nitrogens with zero attached hydrogens (tertiary/aromatic N) is 1. The lowest BCUT2D eigenvalue weighted by molar-refractivity contribution is -0.211. The van der Waals surface area contributed by atoms with Gasteiger partial charge in [-0.2, -0.15) is 13.2 Å².